The van der Waals surface area contributed by atoms with E-state index in [2.05, 4.69) is 16.0 Å². The summed E-state index contributed by atoms with van der Waals surface area (Å²) in [5.41, 5.74) is 0. The Kier molecular flexibility index (Phi) is 5.73. The van der Waals surface area contributed by atoms with Gasteiger partial charge in [-0.1, -0.05) is 0 Å². The number of hydrogen-bond acceptors (Lipinski definition) is 4. The molecule has 0 amide bonds. The van der Waals surface area contributed by atoms with E-state index in [0.717, 1.165) is 39.3 Å². The van der Waals surface area contributed by atoms with E-state index in [1.54, 1.807) is 0 Å². The molecule has 1 aliphatic heterocycles. The lowest BCUT2D eigenvalue weighted by Gasteiger charge is -2.09. The summed E-state index contributed by atoms with van der Waals surface area (Å²) in [7, 11) is 0. The summed E-state index contributed by atoms with van der Waals surface area (Å²) in [5, 5.41) is 9.76. The molecular formula is C9H19N3O. The Morgan fingerprint density at radius 2 is 1.08 bits per heavy atom. The molecule has 0 saturated carbocycles. The standard InChI is InChI=1S/C9H19N3O/c13-9-1-3-10-5-7-12-8-6-11-4-2-9/h10-12H,1-8H2. The van der Waals surface area contributed by atoms with Crippen LogP contribution in [0, 0.1) is 0 Å². The quantitative estimate of drug-likeness (QED) is 0.459. The normalized spacial score (nSPS) is 23.2. The highest BCUT2D eigenvalue weighted by Crippen LogP contribution is 1.87. The molecule has 0 aromatic heterocycles. The van der Waals surface area contributed by atoms with Crippen LogP contribution in [-0.2, 0) is 4.79 Å². The van der Waals surface area contributed by atoms with Crippen molar-refractivity contribution in [2.24, 2.45) is 0 Å². The van der Waals surface area contributed by atoms with Crippen molar-refractivity contribution in [2.45, 2.75) is 12.8 Å². The summed E-state index contributed by atoms with van der Waals surface area (Å²) >= 11 is 0. The van der Waals surface area contributed by atoms with Gasteiger partial charge in [-0.15, -0.1) is 0 Å². The lowest BCUT2D eigenvalue weighted by Crippen LogP contribution is -2.35. The van der Waals surface area contributed by atoms with Crippen molar-refractivity contribution < 1.29 is 4.79 Å². The number of nitrogens with one attached hydrogen (secondary N) is 3. The number of Topliss-reactive ketones (excluding diaryl/α,β-unsaturated/α-hetero) is 1. The smallest absolute Gasteiger partial charge is 0.135 e. The predicted molar refractivity (Wildman–Crippen MR) is 52.9 cm³/mol. The zero-order valence-corrected chi connectivity index (χ0v) is 8.07. The fourth-order valence-electron chi connectivity index (χ4n) is 1.31. The molecule has 1 rings (SSSR count). The van der Waals surface area contributed by atoms with Gasteiger partial charge in [-0.25, -0.2) is 0 Å². The maximum absolute atomic E-state index is 11.2. The molecule has 76 valence electrons. The zero-order valence-electron chi connectivity index (χ0n) is 8.07. The summed E-state index contributed by atoms with van der Waals surface area (Å²) in [4.78, 5) is 11.2. The van der Waals surface area contributed by atoms with Crippen LogP contribution in [0.15, 0.2) is 0 Å². The van der Waals surface area contributed by atoms with E-state index in [1.807, 2.05) is 0 Å². The summed E-state index contributed by atoms with van der Waals surface area (Å²) < 4.78 is 0. The van der Waals surface area contributed by atoms with E-state index >= 15 is 0 Å². The van der Waals surface area contributed by atoms with Crippen LogP contribution in [0.1, 0.15) is 12.8 Å². The van der Waals surface area contributed by atoms with Gasteiger partial charge in [0.2, 0.25) is 0 Å². The van der Waals surface area contributed by atoms with Gasteiger partial charge in [0, 0.05) is 52.1 Å². The van der Waals surface area contributed by atoms with Crippen molar-refractivity contribution in [2.75, 3.05) is 39.3 Å². The fraction of sp³-hybridized carbons (Fsp3) is 0.889. The third kappa shape index (κ3) is 5.74. The third-order valence-corrected chi connectivity index (χ3v) is 2.12. The van der Waals surface area contributed by atoms with E-state index in [9.17, 15) is 4.79 Å². The highest BCUT2D eigenvalue weighted by molar-refractivity contribution is 5.78. The van der Waals surface area contributed by atoms with Crippen LogP contribution in [0.5, 0.6) is 0 Å². The predicted octanol–water partition coefficient (Wildman–Crippen LogP) is -0.882. The first-order valence-corrected chi connectivity index (χ1v) is 5.03. The van der Waals surface area contributed by atoms with Crippen LogP contribution in [-0.4, -0.2) is 45.1 Å². The Labute approximate surface area is 79.5 Å². The van der Waals surface area contributed by atoms with Crippen LogP contribution >= 0.6 is 0 Å². The van der Waals surface area contributed by atoms with E-state index in [-0.39, 0.29) is 0 Å². The first-order chi connectivity index (χ1) is 6.39. The Morgan fingerprint density at radius 3 is 1.54 bits per heavy atom. The average molecular weight is 185 g/mol. The van der Waals surface area contributed by atoms with E-state index < -0.39 is 0 Å². The molecule has 0 unspecified atom stereocenters. The molecule has 13 heavy (non-hydrogen) atoms. The van der Waals surface area contributed by atoms with Gasteiger partial charge in [0.15, 0.2) is 0 Å². The molecule has 0 aliphatic carbocycles. The van der Waals surface area contributed by atoms with Gasteiger partial charge in [0.25, 0.3) is 0 Å². The number of rotatable bonds is 0. The van der Waals surface area contributed by atoms with Crippen LogP contribution < -0.4 is 16.0 Å². The van der Waals surface area contributed by atoms with Gasteiger partial charge in [-0.3, -0.25) is 4.79 Å². The molecule has 1 saturated heterocycles. The average Bonchev–Trinajstić information content (AvgIpc) is 2.11. The molecule has 1 aliphatic rings. The first kappa shape index (κ1) is 10.6. The zero-order chi connectivity index (χ0) is 9.36. The van der Waals surface area contributed by atoms with Gasteiger partial charge in [0.1, 0.15) is 5.78 Å². The third-order valence-electron chi connectivity index (χ3n) is 2.12. The van der Waals surface area contributed by atoms with Crippen molar-refractivity contribution >= 4 is 5.78 Å². The number of ketones is 1. The Morgan fingerprint density at radius 1 is 0.692 bits per heavy atom. The first-order valence-electron chi connectivity index (χ1n) is 5.03. The SMILES string of the molecule is O=C1CCNCCNCCNCC1. The number of carbonyl (C=O) groups is 1. The van der Waals surface area contributed by atoms with Gasteiger partial charge in [0.05, 0.1) is 0 Å². The highest BCUT2D eigenvalue weighted by Gasteiger charge is 2.01. The van der Waals surface area contributed by atoms with Crippen molar-refractivity contribution in [3.05, 3.63) is 0 Å². The molecule has 0 spiro atoms. The second-order valence-electron chi connectivity index (χ2n) is 3.29. The molecule has 0 atom stereocenters. The van der Waals surface area contributed by atoms with Crippen molar-refractivity contribution in [1.29, 1.82) is 0 Å². The largest absolute Gasteiger partial charge is 0.315 e. The summed E-state index contributed by atoms with van der Waals surface area (Å²) in [5.74, 6) is 0.355. The summed E-state index contributed by atoms with van der Waals surface area (Å²) in [6.07, 6.45) is 1.34. The molecule has 0 aromatic rings. The minimum atomic E-state index is 0.355. The monoisotopic (exact) mass is 185 g/mol. The van der Waals surface area contributed by atoms with Crippen molar-refractivity contribution in [3.63, 3.8) is 0 Å². The van der Waals surface area contributed by atoms with Gasteiger partial charge in [-0.2, -0.15) is 0 Å². The summed E-state index contributed by atoms with van der Waals surface area (Å²) in [6, 6.07) is 0. The van der Waals surface area contributed by atoms with Crippen LogP contribution in [0.3, 0.4) is 0 Å². The second-order valence-corrected chi connectivity index (χ2v) is 3.29. The van der Waals surface area contributed by atoms with Gasteiger partial charge < -0.3 is 16.0 Å². The van der Waals surface area contributed by atoms with Gasteiger partial charge >= 0.3 is 0 Å². The molecule has 4 nitrogen and oxygen atoms in total. The van der Waals surface area contributed by atoms with E-state index in [4.69, 9.17) is 0 Å². The minimum absolute atomic E-state index is 0.355. The molecule has 1 fully saturated rings. The lowest BCUT2D eigenvalue weighted by atomic mass is 10.2. The van der Waals surface area contributed by atoms with E-state index in [1.165, 1.54) is 0 Å². The lowest BCUT2D eigenvalue weighted by molar-refractivity contribution is -0.118. The number of hydrogen-bond donors (Lipinski definition) is 3. The fourth-order valence-corrected chi connectivity index (χ4v) is 1.31. The van der Waals surface area contributed by atoms with Crippen molar-refractivity contribution in [3.8, 4) is 0 Å². The molecular weight excluding hydrogens is 166 g/mol. The van der Waals surface area contributed by atoms with Gasteiger partial charge in [-0.05, 0) is 0 Å². The topological polar surface area (TPSA) is 53.2 Å². The minimum Gasteiger partial charge on any atom is -0.315 e. The van der Waals surface area contributed by atoms with Crippen molar-refractivity contribution in [1.82, 2.24) is 16.0 Å². The van der Waals surface area contributed by atoms with E-state index in [0.29, 0.717) is 18.6 Å². The molecule has 0 radical (unpaired) electrons. The molecule has 0 aromatic carbocycles. The maximum atomic E-state index is 11.2. The van der Waals surface area contributed by atoms with Crippen LogP contribution in [0.4, 0.5) is 0 Å². The number of carbonyl (C=O) groups excluding carboxylic acids is 1. The Hall–Kier alpha value is -0.450. The Balaban J connectivity index is 2.14. The second kappa shape index (κ2) is 7.00. The maximum Gasteiger partial charge on any atom is 0.135 e. The molecule has 3 N–H and O–H groups in total. The molecule has 1 heterocycles. The van der Waals surface area contributed by atoms with Crippen LogP contribution in [0.2, 0.25) is 0 Å². The van der Waals surface area contributed by atoms with Crippen LogP contribution in [0.25, 0.3) is 0 Å². The summed E-state index contributed by atoms with van der Waals surface area (Å²) in [6.45, 7) is 5.51. The highest BCUT2D eigenvalue weighted by atomic mass is 16.1. The molecule has 0 bridgehead atoms. The Bertz CT molecular complexity index is 136. The molecule has 4 heteroatoms.